The summed E-state index contributed by atoms with van der Waals surface area (Å²) in [6.45, 7) is 2.78. The maximum absolute atomic E-state index is 11.2. The van der Waals surface area contributed by atoms with Gasteiger partial charge in [-0.15, -0.1) is 0 Å². The largest absolute Gasteiger partial charge is 0.326 e. The molecule has 3 nitrogen and oxygen atoms in total. The van der Waals surface area contributed by atoms with Crippen molar-refractivity contribution in [2.75, 3.05) is 18.9 Å². The van der Waals surface area contributed by atoms with E-state index in [0.717, 1.165) is 12.1 Å². The van der Waals surface area contributed by atoms with Crippen LogP contribution in [0.15, 0.2) is 24.3 Å². The Hall–Kier alpha value is -1.35. The average molecular weight is 260 g/mol. The molecule has 1 unspecified atom stereocenters. The average Bonchev–Trinajstić information content (AvgIpc) is 2.39. The van der Waals surface area contributed by atoms with Gasteiger partial charge in [-0.25, -0.2) is 0 Å². The molecule has 1 fully saturated rings. The van der Waals surface area contributed by atoms with Crippen molar-refractivity contribution in [2.45, 2.75) is 45.1 Å². The highest BCUT2D eigenvalue weighted by molar-refractivity contribution is 5.89. The van der Waals surface area contributed by atoms with Crippen LogP contribution in [0.2, 0.25) is 0 Å². The topological polar surface area (TPSA) is 32.3 Å². The summed E-state index contributed by atoms with van der Waals surface area (Å²) in [7, 11) is 2.23. The van der Waals surface area contributed by atoms with Gasteiger partial charge in [0.25, 0.3) is 0 Å². The second-order valence-corrected chi connectivity index (χ2v) is 5.51. The van der Waals surface area contributed by atoms with Crippen molar-refractivity contribution in [2.24, 2.45) is 0 Å². The smallest absolute Gasteiger partial charge is 0.221 e. The van der Waals surface area contributed by atoms with Gasteiger partial charge in [-0.3, -0.25) is 4.79 Å². The van der Waals surface area contributed by atoms with Crippen molar-refractivity contribution in [1.29, 1.82) is 0 Å². The first-order chi connectivity index (χ1) is 9.16. The first-order valence-electron chi connectivity index (χ1n) is 7.22. The molecule has 19 heavy (non-hydrogen) atoms. The molecule has 2 rings (SSSR count). The second-order valence-electron chi connectivity index (χ2n) is 5.51. The van der Waals surface area contributed by atoms with Gasteiger partial charge in [0.05, 0.1) is 0 Å². The fourth-order valence-electron chi connectivity index (χ4n) is 2.88. The number of nitrogens with one attached hydrogen (secondary N) is 1. The number of carbonyl (C=O) groups is 1. The third kappa shape index (κ3) is 4.06. The van der Waals surface area contributed by atoms with Crippen LogP contribution in [0, 0.1) is 0 Å². The molecule has 3 heteroatoms. The molecule has 1 aromatic carbocycles. The van der Waals surface area contributed by atoms with E-state index in [0.29, 0.717) is 6.04 Å². The van der Waals surface area contributed by atoms with Crippen LogP contribution in [-0.2, 0) is 11.2 Å². The van der Waals surface area contributed by atoms with Crippen LogP contribution in [0.4, 0.5) is 5.69 Å². The molecule has 1 saturated heterocycles. The van der Waals surface area contributed by atoms with Gasteiger partial charge in [0.2, 0.25) is 5.91 Å². The van der Waals surface area contributed by atoms with E-state index in [1.807, 2.05) is 18.2 Å². The molecule has 1 atom stereocenters. The van der Waals surface area contributed by atoms with Gasteiger partial charge in [-0.1, -0.05) is 24.6 Å². The summed E-state index contributed by atoms with van der Waals surface area (Å²) in [4.78, 5) is 13.7. The predicted octanol–water partition coefficient (Wildman–Crippen LogP) is 3.06. The number of anilines is 1. The van der Waals surface area contributed by atoms with E-state index in [1.54, 1.807) is 6.92 Å². The summed E-state index contributed by atoms with van der Waals surface area (Å²) < 4.78 is 0. The minimum absolute atomic E-state index is 0.00207. The number of carbonyl (C=O) groups excluding carboxylic acids is 1. The highest BCUT2D eigenvalue weighted by Crippen LogP contribution is 2.22. The van der Waals surface area contributed by atoms with Gasteiger partial charge >= 0.3 is 0 Å². The van der Waals surface area contributed by atoms with Crippen LogP contribution in [-0.4, -0.2) is 30.4 Å². The standard InChI is InChI=1S/C16H24N2O/c1-13(19)17-16-9-4-3-7-14(16)10-11-15-8-5-6-12-18(15)2/h3-4,7,9,15H,5-6,8,10-12H2,1-2H3,(H,17,19). The SMILES string of the molecule is CC(=O)Nc1ccccc1CCC1CCCCN1C. The van der Waals surface area contributed by atoms with Gasteiger partial charge in [-0.2, -0.15) is 0 Å². The number of amides is 1. The van der Waals surface area contributed by atoms with Crippen LogP contribution in [0.1, 0.15) is 38.2 Å². The summed E-state index contributed by atoms with van der Waals surface area (Å²) in [5.74, 6) is 0.00207. The Morgan fingerprint density at radius 2 is 2.16 bits per heavy atom. The second kappa shape index (κ2) is 6.71. The highest BCUT2D eigenvalue weighted by atomic mass is 16.1. The molecule has 0 aromatic heterocycles. The van der Waals surface area contributed by atoms with Crippen LogP contribution in [0.5, 0.6) is 0 Å². The van der Waals surface area contributed by atoms with E-state index >= 15 is 0 Å². The number of aryl methyl sites for hydroxylation is 1. The molecule has 0 spiro atoms. The molecule has 1 amide bonds. The fourth-order valence-corrected chi connectivity index (χ4v) is 2.88. The van der Waals surface area contributed by atoms with E-state index in [4.69, 9.17) is 0 Å². The predicted molar refractivity (Wildman–Crippen MR) is 79.3 cm³/mol. The van der Waals surface area contributed by atoms with Crippen molar-refractivity contribution in [1.82, 2.24) is 4.90 Å². The van der Waals surface area contributed by atoms with Crippen LogP contribution < -0.4 is 5.32 Å². The molecule has 0 radical (unpaired) electrons. The molecule has 1 aliphatic heterocycles. The lowest BCUT2D eigenvalue weighted by Crippen LogP contribution is -2.36. The number of likely N-dealkylation sites (tertiary alicyclic amines) is 1. The molecular formula is C16H24N2O. The number of piperidine rings is 1. The fraction of sp³-hybridized carbons (Fsp3) is 0.562. The van der Waals surface area contributed by atoms with Gasteiger partial charge in [0, 0.05) is 18.7 Å². The van der Waals surface area contributed by atoms with Crippen LogP contribution >= 0.6 is 0 Å². The van der Waals surface area contributed by atoms with E-state index in [9.17, 15) is 4.79 Å². The summed E-state index contributed by atoms with van der Waals surface area (Å²) in [6.07, 6.45) is 6.19. The monoisotopic (exact) mass is 260 g/mol. The zero-order valence-electron chi connectivity index (χ0n) is 12.0. The summed E-state index contributed by atoms with van der Waals surface area (Å²) in [6, 6.07) is 8.82. The number of para-hydroxylation sites is 1. The third-order valence-corrected chi connectivity index (χ3v) is 4.00. The Kier molecular flexibility index (Phi) is 4.97. The summed E-state index contributed by atoms with van der Waals surface area (Å²) in [5, 5.41) is 2.92. The van der Waals surface area contributed by atoms with Crippen molar-refractivity contribution in [3.63, 3.8) is 0 Å². The maximum Gasteiger partial charge on any atom is 0.221 e. The maximum atomic E-state index is 11.2. The van der Waals surface area contributed by atoms with E-state index in [1.165, 1.54) is 37.8 Å². The van der Waals surface area contributed by atoms with E-state index < -0.39 is 0 Å². The van der Waals surface area contributed by atoms with Crippen molar-refractivity contribution < 1.29 is 4.79 Å². The van der Waals surface area contributed by atoms with Crippen molar-refractivity contribution in [3.05, 3.63) is 29.8 Å². The Balaban J connectivity index is 1.96. The molecule has 104 valence electrons. The number of rotatable bonds is 4. The molecule has 1 aromatic rings. The zero-order valence-corrected chi connectivity index (χ0v) is 12.0. The van der Waals surface area contributed by atoms with Gasteiger partial charge < -0.3 is 10.2 Å². The van der Waals surface area contributed by atoms with E-state index in [-0.39, 0.29) is 5.91 Å². The van der Waals surface area contributed by atoms with E-state index in [2.05, 4.69) is 23.3 Å². The van der Waals surface area contributed by atoms with Crippen molar-refractivity contribution in [3.8, 4) is 0 Å². The molecule has 0 aliphatic carbocycles. The summed E-state index contributed by atoms with van der Waals surface area (Å²) >= 11 is 0. The lowest BCUT2D eigenvalue weighted by atomic mass is 9.96. The van der Waals surface area contributed by atoms with Gasteiger partial charge in [0.1, 0.15) is 0 Å². The zero-order chi connectivity index (χ0) is 13.7. The Bertz CT molecular complexity index is 431. The normalized spacial score (nSPS) is 20.2. The van der Waals surface area contributed by atoms with Crippen LogP contribution in [0.25, 0.3) is 0 Å². The minimum Gasteiger partial charge on any atom is -0.326 e. The third-order valence-electron chi connectivity index (χ3n) is 4.00. The lowest BCUT2D eigenvalue weighted by molar-refractivity contribution is -0.114. The molecule has 0 bridgehead atoms. The Morgan fingerprint density at radius 3 is 2.89 bits per heavy atom. The first kappa shape index (κ1) is 14.1. The lowest BCUT2D eigenvalue weighted by Gasteiger charge is -2.32. The number of hydrogen-bond donors (Lipinski definition) is 1. The minimum atomic E-state index is 0.00207. The molecule has 1 aliphatic rings. The molecule has 1 N–H and O–H groups in total. The molecule has 0 saturated carbocycles. The molecular weight excluding hydrogens is 236 g/mol. The van der Waals surface area contributed by atoms with Crippen molar-refractivity contribution >= 4 is 11.6 Å². The van der Waals surface area contributed by atoms with Crippen LogP contribution in [0.3, 0.4) is 0 Å². The number of hydrogen-bond acceptors (Lipinski definition) is 2. The highest BCUT2D eigenvalue weighted by Gasteiger charge is 2.18. The quantitative estimate of drug-likeness (QED) is 0.902. The first-order valence-corrected chi connectivity index (χ1v) is 7.22. The van der Waals surface area contributed by atoms with Gasteiger partial charge in [0.15, 0.2) is 0 Å². The molecule has 1 heterocycles. The Labute approximate surface area is 116 Å². The summed E-state index contributed by atoms with van der Waals surface area (Å²) in [5.41, 5.74) is 2.21. The number of benzene rings is 1. The Morgan fingerprint density at radius 1 is 1.37 bits per heavy atom. The van der Waals surface area contributed by atoms with Gasteiger partial charge in [-0.05, 0) is 50.9 Å². The number of nitrogens with zero attached hydrogens (tertiary/aromatic N) is 1.